The maximum Gasteiger partial charge on any atom is 0.410 e. The van der Waals surface area contributed by atoms with Gasteiger partial charge in [0, 0.05) is 17.8 Å². The monoisotopic (exact) mass is 538 g/mol. The van der Waals surface area contributed by atoms with E-state index < -0.39 is 27.8 Å². The van der Waals surface area contributed by atoms with Gasteiger partial charge in [0.25, 0.3) is 0 Å². The average molecular weight is 539 g/mol. The summed E-state index contributed by atoms with van der Waals surface area (Å²) in [6, 6.07) is 6.07. The van der Waals surface area contributed by atoms with Crippen LogP contribution in [0.1, 0.15) is 47.5 Å². The molecule has 2 aromatic rings. The van der Waals surface area contributed by atoms with Crippen LogP contribution in [0, 0.1) is 0 Å². The normalized spacial score (nSPS) is 13.0. The molecule has 36 heavy (non-hydrogen) atoms. The number of methoxy groups -OCH3 is 1. The lowest BCUT2D eigenvalue weighted by atomic mass is 10.0. The number of carbonyl (C=O) groups excluding carboxylic acids is 3. The first kappa shape index (κ1) is 27.5. The van der Waals surface area contributed by atoms with E-state index in [9.17, 15) is 22.8 Å². The second-order valence-electron chi connectivity index (χ2n) is 7.94. The number of ether oxygens (including phenoxy) is 3. The van der Waals surface area contributed by atoms with E-state index in [1.807, 2.05) is 0 Å². The molecule has 2 heterocycles. The van der Waals surface area contributed by atoms with Crippen molar-refractivity contribution in [2.24, 2.45) is 0 Å². The molecule has 12 heteroatoms. The fourth-order valence-corrected chi connectivity index (χ4v) is 6.37. The molecule has 10 nitrogen and oxygen atoms in total. The molecule has 1 aromatic carbocycles. The van der Waals surface area contributed by atoms with Crippen molar-refractivity contribution in [3.05, 3.63) is 40.3 Å². The fourth-order valence-electron chi connectivity index (χ4n) is 3.79. The average Bonchev–Trinajstić information content (AvgIpc) is 3.21. The van der Waals surface area contributed by atoms with Crippen LogP contribution in [0.25, 0.3) is 0 Å². The highest BCUT2D eigenvalue weighted by Crippen LogP contribution is 2.38. The molecule has 0 aliphatic carbocycles. The Balaban J connectivity index is 1.68. The van der Waals surface area contributed by atoms with Crippen LogP contribution in [0.2, 0.25) is 0 Å². The van der Waals surface area contributed by atoms with Gasteiger partial charge in [-0.1, -0.05) is 0 Å². The highest BCUT2D eigenvalue weighted by molar-refractivity contribution is 7.91. The molecule has 1 aliphatic heterocycles. The molecule has 1 aliphatic rings. The number of benzene rings is 1. The molecule has 1 aromatic heterocycles. The summed E-state index contributed by atoms with van der Waals surface area (Å²) in [4.78, 5) is 40.0. The zero-order valence-electron chi connectivity index (χ0n) is 20.5. The second kappa shape index (κ2) is 12.2. The van der Waals surface area contributed by atoms with E-state index >= 15 is 0 Å². The van der Waals surface area contributed by atoms with E-state index in [4.69, 9.17) is 14.2 Å². The van der Waals surface area contributed by atoms with Crippen molar-refractivity contribution in [2.75, 3.05) is 37.9 Å². The molecule has 0 fully saturated rings. The van der Waals surface area contributed by atoms with Gasteiger partial charge in [-0.3, -0.25) is 4.79 Å². The summed E-state index contributed by atoms with van der Waals surface area (Å²) >= 11 is 1.21. The van der Waals surface area contributed by atoms with Crippen molar-refractivity contribution < 1.29 is 37.0 Å². The second-order valence-corrected chi connectivity index (χ2v) is 11.2. The van der Waals surface area contributed by atoms with Crippen molar-refractivity contribution in [3.63, 3.8) is 0 Å². The van der Waals surface area contributed by atoms with Gasteiger partial charge in [-0.05, 0) is 56.5 Å². The SMILES string of the molecule is CCOC(=O)c1c(NC(=O)CCCS(=O)(=O)c2ccc(OC)cc2)sc2c1CCN(C(=O)OCC)C2. The molecule has 0 unspecified atom stereocenters. The number of hydrogen-bond donors (Lipinski definition) is 1. The van der Waals surface area contributed by atoms with Crippen LogP contribution < -0.4 is 10.1 Å². The third kappa shape index (κ3) is 6.55. The predicted octanol–water partition coefficient (Wildman–Crippen LogP) is 3.64. The van der Waals surface area contributed by atoms with Crippen molar-refractivity contribution in [3.8, 4) is 5.75 Å². The molecule has 1 N–H and O–H groups in total. The first-order valence-corrected chi connectivity index (χ1v) is 14.1. The number of esters is 1. The highest BCUT2D eigenvalue weighted by Gasteiger charge is 2.31. The summed E-state index contributed by atoms with van der Waals surface area (Å²) in [5.41, 5.74) is 1.04. The number of anilines is 1. The van der Waals surface area contributed by atoms with Gasteiger partial charge in [-0.25, -0.2) is 18.0 Å². The zero-order chi connectivity index (χ0) is 26.3. The van der Waals surface area contributed by atoms with Crippen LogP contribution >= 0.6 is 11.3 Å². The Morgan fingerprint density at radius 1 is 1.08 bits per heavy atom. The summed E-state index contributed by atoms with van der Waals surface area (Å²) in [6.45, 7) is 4.51. The molecular formula is C24H30N2O8S2. The molecule has 0 radical (unpaired) electrons. The maximum absolute atomic E-state index is 12.7. The van der Waals surface area contributed by atoms with Crippen LogP contribution in [-0.4, -0.2) is 63.9 Å². The minimum absolute atomic E-state index is 0.0465. The number of rotatable bonds is 10. The number of nitrogens with one attached hydrogen (secondary N) is 1. The van der Waals surface area contributed by atoms with Crippen molar-refractivity contribution in [2.45, 2.75) is 44.6 Å². The number of carbonyl (C=O) groups is 3. The lowest BCUT2D eigenvalue weighted by molar-refractivity contribution is -0.116. The van der Waals surface area contributed by atoms with Gasteiger partial charge < -0.3 is 24.4 Å². The number of nitrogens with zero attached hydrogens (tertiary/aromatic N) is 1. The molecule has 0 saturated carbocycles. The van der Waals surface area contributed by atoms with Crippen molar-refractivity contribution in [1.29, 1.82) is 0 Å². The van der Waals surface area contributed by atoms with Gasteiger partial charge in [0.05, 0.1) is 43.1 Å². The van der Waals surface area contributed by atoms with Crippen molar-refractivity contribution in [1.82, 2.24) is 4.90 Å². The fraction of sp³-hybridized carbons (Fsp3) is 0.458. The van der Waals surface area contributed by atoms with Gasteiger partial charge in [0.2, 0.25) is 5.91 Å². The third-order valence-corrected chi connectivity index (χ3v) is 8.50. The molecule has 0 bridgehead atoms. The van der Waals surface area contributed by atoms with E-state index in [0.717, 1.165) is 10.4 Å². The molecule has 196 valence electrons. The Morgan fingerprint density at radius 2 is 1.78 bits per heavy atom. The van der Waals surface area contributed by atoms with Gasteiger partial charge in [0.15, 0.2) is 9.84 Å². The topological polar surface area (TPSA) is 128 Å². The largest absolute Gasteiger partial charge is 0.497 e. The summed E-state index contributed by atoms with van der Waals surface area (Å²) in [5.74, 6) is -0.606. The Bertz CT molecular complexity index is 1210. The van der Waals surface area contributed by atoms with Gasteiger partial charge in [-0.15, -0.1) is 11.3 Å². The van der Waals surface area contributed by atoms with E-state index in [0.29, 0.717) is 29.3 Å². The van der Waals surface area contributed by atoms with Crippen LogP contribution in [0.3, 0.4) is 0 Å². The van der Waals surface area contributed by atoms with E-state index in [1.54, 1.807) is 30.9 Å². The summed E-state index contributed by atoms with van der Waals surface area (Å²) in [5, 5.41) is 3.09. The Kier molecular flexibility index (Phi) is 9.32. The molecule has 2 amide bonds. The maximum atomic E-state index is 12.7. The van der Waals surface area contributed by atoms with Crippen molar-refractivity contribution >= 4 is 44.1 Å². The highest BCUT2D eigenvalue weighted by atomic mass is 32.2. The van der Waals surface area contributed by atoms with Gasteiger partial charge in [-0.2, -0.15) is 0 Å². The number of amides is 2. The number of hydrogen-bond acceptors (Lipinski definition) is 9. The molecule has 0 saturated heterocycles. The smallest absolute Gasteiger partial charge is 0.410 e. The van der Waals surface area contributed by atoms with E-state index in [2.05, 4.69) is 5.32 Å². The van der Waals surface area contributed by atoms with Crippen LogP contribution in [0.15, 0.2) is 29.2 Å². The predicted molar refractivity (Wildman–Crippen MR) is 134 cm³/mol. The first-order chi connectivity index (χ1) is 17.2. The van der Waals surface area contributed by atoms with E-state index in [1.165, 1.54) is 30.6 Å². The molecular weight excluding hydrogens is 508 g/mol. The minimum Gasteiger partial charge on any atom is -0.497 e. The van der Waals surface area contributed by atoms with Gasteiger partial charge >= 0.3 is 12.1 Å². The third-order valence-electron chi connectivity index (χ3n) is 5.55. The Hall–Kier alpha value is -3.12. The van der Waals surface area contributed by atoms with Crippen LogP contribution in [0.4, 0.5) is 9.80 Å². The first-order valence-electron chi connectivity index (χ1n) is 11.6. The Labute approximate surface area is 214 Å². The quantitative estimate of drug-likeness (QED) is 0.454. The zero-order valence-corrected chi connectivity index (χ0v) is 22.1. The van der Waals surface area contributed by atoms with Gasteiger partial charge in [0.1, 0.15) is 10.8 Å². The summed E-state index contributed by atoms with van der Waals surface area (Å²) in [6.07, 6.45) is 0.0542. The minimum atomic E-state index is -3.56. The van der Waals surface area contributed by atoms with E-state index in [-0.39, 0.29) is 43.2 Å². The molecule has 0 spiro atoms. The number of fused-ring (bicyclic) bond motifs is 1. The lowest BCUT2D eigenvalue weighted by Crippen LogP contribution is -2.36. The lowest BCUT2D eigenvalue weighted by Gasteiger charge is -2.26. The molecule has 3 rings (SSSR count). The standard InChI is InChI=1S/C24H30N2O8S2/c1-4-33-23(28)21-18-12-13-26(24(29)34-5-2)15-19(18)35-22(21)25-20(27)7-6-14-36(30,31)17-10-8-16(32-3)9-11-17/h8-11H,4-7,12-15H2,1-3H3,(H,25,27). The summed E-state index contributed by atoms with van der Waals surface area (Å²) < 4.78 is 40.5. The number of sulfone groups is 1. The number of thiophene rings is 1. The Morgan fingerprint density at radius 3 is 2.42 bits per heavy atom. The van der Waals surface area contributed by atoms with Crippen LogP contribution in [-0.2, 0) is 37.1 Å². The molecule has 0 atom stereocenters. The van der Waals surface area contributed by atoms with Crippen LogP contribution in [0.5, 0.6) is 5.75 Å². The summed E-state index contributed by atoms with van der Waals surface area (Å²) in [7, 11) is -2.06.